The molecule has 0 saturated heterocycles. The average Bonchev–Trinajstić information content (AvgIpc) is 2.98. The third-order valence-electron chi connectivity index (χ3n) is 4.05. The molecule has 0 saturated carbocycles. The van der Waals surface area contributed by atoms with Crippen molar-refractivity contribution in [3.8, 4) is 5.75 Å². The summed E-state index contributed by atoms with van der Waals surface area (Å²) in [7, 11) is -0.649. The van der Waals surface area contributed by atoms with Crippen molar-refractivity contribution >= 4 is 10.8 Å². The van der Waals surface area contributed by atoms with Crippen LogP contribution in [0.25, 0.3) is 0 Å². The first-order valence-electron chi connectivity index (χ1n) is 8.56. The summed E-state index contributed by atoms with van der Waals surface area (Å²) in [6, 6.07) is 6.17. The summed E-state index contributed by atoms with van der Waals surface area (Å²) in [6.07, 6.45) is 9.56. The maximum Gasteiger partial charge on any atom is 0.171 e. The second-order valence-corrected chi connectivity index (χ2v) is 7.70. The van der Waals surface area contributed by atoms with Crippen LogP contribution >= 0.6 is 0 Å². The molecule has 4 heteroatoms. The fourth-order valence-electron chi connectivity index (χ4n) is 2.72. The Hall–Kier alpha value is -0.870. The molecule has 0 fully saturated rings. The minimum atomic E-state index is -0.649. The van der Waals surface area contributed by atoms with E-state index in [0.29, 0.717) is 6.61 Å². The van der Waals surface area contributed by atoms with Crippen molar-refractivity contribution in [3.05, 3.63) is 29.3 Å². The van der Waals surface area contributed by atoms with E-state index in [1.165, 1.54) is 37.7 Å². The summed E-state index contributed by atoms with van der Waals surface area (Å²) >= 11 is 0. The van der Waals surface area contributed by atoms with Crippen molar-refractivity contribution in [2.75, 3.05) is 11.5 Å². The number of rotatable bonds is 11. The van der Waals surface area contributed by atoms with Gasteiger partial charge in [0.25, 0.3) is 0 Å². The van der Waals surface area contributed by atoms with E-state index >= 15 is 0 Å². The molecular formula is C18H28O3S. The zero-order valence-electron chi connectivity index (χ0n) is 13.6. The highest BCUT2D eigenvalue weighted by atomic mass is 32.2. The number of benzene rings is 1. The van der Waals surface area contributed by atoms with Crippen LogP contribution in [0.4, 0.5) is 0 Å². The molecule has 0 radical (unpaired) electrons. The molecule has 0 spiro atoms. The van der Waals surface area contributed by atoms with Crippen LogP contribution in [-0.2, 0) is 28.7 Å². The van der Waals surface area contributed by atoms with Crippen molar-refractivity contribution in [3.63, 3.8) is 0 Å². The Morgan fingerprint density at radius 2 is 1.82 bits per heavy atom. The van der Waals surface area contributed by atoms with Crippen molar-refractivity contribution in [1.82, 2.24) is 0 Å². The van der Waals surface area contributed by atoms with Crippen molar-refractivity contribution in [1.29, 1.82) is 0 Å². The maximum atomic E-state index is 12.0. The standard InChI is InChI=1S/C18H28O3S/c1-2-3-4-5-6-7-12-22(19)13-8-9-16-10-11-18-17(14-16)15-20-21-18/h10-11,14H,2-9,12-13,15H2,1H3. The van der Waals surface area contributed by atoms with Gasteiger partial charge in [0, 0.05) is 27.9 Å². The van der Waals surface area contributed by atoms with Gasteiger partial charge in [0.2, 0.25) is 0 Å². The van der Waals surface area contributed by atoms with E-state index in [4.69, 9.17) is 9.78 Å². The lowest BCUT2D eigenvalue weighted by Crippen LogP contribution is -2.04. The van der Waals surface area contributed by atoms with Gasteiger partial charge in [-0.05, 0) is 37.0 Å². The monoisotopic (exact) mass is 324 g/mol. The van der Waals surface area contributed by atoms with Gasteiger partial charge in [-0.2, -0.15) is 4.89 Å². The molecule has 1 aliphatic heterocycles. The van der Waals surface area contributed by atoms with Crippen LogP contribution in [0.5, 0.6) is 5.75 Å². The van der Waals surface area contributed by atoms with E-state index in [2.05, 4.69) is 19.1 Å². The highest BCUT2D eigenvalue weighted by molar-refractivity contribution is 7.84. The van der Waals surface area contributed by atoms with Gasteiger partial charge in [-0.15, -0.1) is 0 Å². The molecule has 1 aliphatic rings. The molecule has 124 valence electrons. The Bertz CT molecular complexity index is 473. The number of hydrogen-bond donors (Lipinski definition) is 0. The zero-order chi connectivity index (χ0) is 15.6. The quantitative estimate of drug-likeness (QED) is 0.442. The van der Waals surface area contributed by atoms with Gasteiger partial charge < -0.3 is 4.89 Å². The molecule has 22 heavy (non-hydrogen) atoms. The number of fused-ring (bicyclic) bond motifs is 1. The van der Waals surface area contributed by atoms with Gasteiger partial charge in [-0.3, -0.25) is 4.21 Å². The summed E-state index contributed by atoms with van der Waals surface area (Å²) in [6.45, 7) is 2.77. The number of aryl methyl sites for hydroxylation is 1. The van der Waals surface area contributed by atoms with Crippen LogP contribution in [0.3, 0.4) is 0 Å². The van der Waals surface area contributed by atoms with Crippen LogP contribution in [0.15, 0.2) is 18.2 Å². The summed E-state index contributed by atoms with van der Waals surface area (Å²) in [5, 5.41) is 0. The minimum Gasteiger partial charge on any atom is -0.337 e. The van der Waals surface area contributed by atoms with Crippen molar-refractivity contribution < 1.29 is 14.0 Å². The summed E-state index contributed by atoms with van der Waals surface area (Å²) in [5.74, 6) is 2.52. The molecule has 1 unspecified atom stereocenters. The van der Waals surface area contributed by atoms with E-state index in [0.717, 1.165) is 42.1 Å². The summed E-state index contributed by atoms with van der Waals surface area (Å²) in [4.78, 5) is 9.97. The predicted molar refractivity (Wildman–Crippen MR) is 91.4 cm³/mol. The maximum absolute atomic E-state index is 12.0. The number of hydrogen-bond acceptors (Lipinski definition) is 3. The molecule has 1 atom stereocenters. The smallest absolute Gasteiger partial charge is 0.171 e. The van der Waals surface area contributed by atoms with Crippen LogP contribution in [0.2, 0.25) is 0 Å². The molecule has 1 aromatic rings. The molecule has 0 aromatic heterocycles. The fourth-order valence-corrected chi connectivity index (χ4v) is 3.92. The highest BCUT2D eigenvalue weighted by Gasteiger charge is 2.13. The first-order chi connectivity index (χ1) is 10.8. The second-order valence-electron chi connectivity index (χ2n) is 6.01. The first-order valence-corrected chi connectivity index (χ1v) is 10.0. The van der Waals surface area contributed by atoms with E-state index in [9.17, 15) is 4.21 Å². The van der Waals surface area contributed by atoms with Gasteiger partial charge in [0.15, 0.2) is 5.75 Å². The predicted octanol–water partition coefficient (Wildman–Crippen LogP) is 4.55. The minimum absolute atomic E-state index is 0.535. The third-order valence-corrected chi connectivity index (χ3v) is 5.54. The van der Waals surface area contributed by atoms with Crippen LogP contribution in [-0.4, -0.2) is 15.7 Å². The van der Waals surface area contributed by atoms with E-state index in [1.807, 2.05) is 6.07 Å². The fraction of sp³-hybridized carbons (Fsp3) is 0.667. The highest BCUT2D eigenvalue weighted by Crippen LogP contribution is 2.27. The second kappa shape index (κ2) is 10.0. The molecule has 0 bridgehead atoms. The Morgan fingerprint density at radius 1 is 1.05 bits per heavy atom. The molecule has 0 aliphatic carbocycles. The van der Waals surface area contributed by atoms with E-state index in [1.54, 1.807) is 0 Å². The molecule has 3 nitrogen and oxygen atoms in total. The molecule has 1 aromatic carbocycles. The van der Waals surface area contributed by atoms with Crippen LogP contribution in [0, 0.1) is 0 Å². The Balaban J connectivity index is 1.55. The SMILES string of the molecule is CCCCCCCCS(=O)CCCc1ccc2c(c1)COO2. The van der Waals surface area contributed by atoms with Crippen LogP contribution < -0.4 is 4.89 Å². The van der Waals surface area contributed by atoms with Crippen molar-refractivity contribution in [2.45, 2.75) is 64.9 Å². The molecule has 0 N–H and O–H groups in total. The Kier molecular flexibility index (Phi) is 7.95. The Morgan fingerprint density at radius 3 is 2.68 bits per heavy atom. The van der Waals surface area contributed by atoms with Gasteiger partial charge in [0.1, 0.15) is 6.61 Å². The normalized spacial score (nSPS) is 14.6. The molecule has 2 rings (SSSR count). The molecular weight excluding hydrogens is 296 g/mol. The lowest BCUT2D eigenvalue weighted by Gasteiger charge is -2.04. The topological polar surface area (TPSA) is 35.5 Å². The molecule has 0 amide bonds. The average molecular weight is 324 g/mol. The lowest BCUT2D eigenvalue weighted by molar-refractivity contribution is -0.194. The van der Waals surface area contributed by atoms with Crippen LogP contribution in [0.1, 0.15) is 63.0 Å². The van der Waals surface area contributed by atoms with E-state index < -0.39 is 10.8 Å². The van der Waals surface area contributed by atoms with Crippen molar-refractivity contribution in [2.24, 2.45) is 0 Å². The zero-order valence-corrected chi connectivity index (χ0v) is 14.5. The molecule has 1 heterocycles. The third kappa shape index (κ3) is 6.09. The van der Waals surface area contributed by atoms with Gasteiger partial charge >= 0.3 is 0 Å². The van der Waals surface area contributed by atoms with Gasteiger partial charge in [0.05, 0.1) is 0 Å². The van der Waals surface area contributed by atoms with Gasteiger partial charge in [-0.25, -0.2) is 0 Å². The first kappa shape index (κ1) is 17.5. The summed E-state index contributed by atoms with van der Waals surface area (Å²) < 4.78 is 12.0. The Labute approximate surface area is 136 Å². The lowest BCUT2D eigenvalue weighted by atomic mass is 10.1. The van der Waals surface area contributed by atoms with Gasteiger partial charge in [-0.1, -0.05) is 45.1 Å². The largest absolute Gasteiger partial charge is 0.337 e. The summed E-state index contributed by atoms with van der Waals surface area (Å²) in [5.41, 5.74) is 2.40. The number of unbranched alkanes of at least 4 members (excludes halogenated alkanes) is 5. The van der Waals surface area contributed by atoms with E-state index in [-0.39, 0.29) is 0 Å².